The van der Waals surface area contributed by atoms with Gasteiger partial charge in [-0.05, 0) is 41.8 Å². The van der Waals surface area contributed by atoms with Gasteiger partial charge in [-0.15, -0.1) is 0 Å². The molecule has 1 aliphatic heterocycles. The van der Waals surface area contributed by atoms with Gasteiger partial charge in [0.1, 0.15) is 5.25 Å². The smallest absolute Gasteiger partial charge is 0.326 e. The highest BCUT2D eigenvalue weighted by Crippen LogP contribution is 2.34. The van der Waals surface area contributed by atoms with Crippen molar-refractivity contribution in [3.8, 4) is 0 Å². The van der Waals surface area contributed by atoms with Crippen molar-refractivity contribution in [2.45, 2.75) is 37.6 Å². The van der Waals surface area contributed by atoms with Crippen LogP contribution in [0.2, 0.25) is 0 Å². The number of aliphatic imine (C=N–C) groups is 1. The van der Waals surface area contributed by atoms with Gasteiger partial charge in [0.05, 0.1) is 11.3 Å². The topological polar surface area (TPSA) is 61.8 Å². The maximum Gasteiger partial charge on any atom is 0.416 e. The van der Waals surface area contributed by atoms with Crippen molar-refractivity contribution in [1.29, 1.82) is 0 Å². The highest BCUT2D eigenvalue weighted by atomic mass is 32.2. The van der Waals surface area contributed by atoms with Crippen LogP contribution in [0.25, 0.3) is 0 Å². The molecule has 2 aromatic carbocycles. The summed E-state index contributed by atoms with van der Waals surface area (Å²) < 4.78 is 38.7. The van der Waals surface area contributed by atoms with E-state index < -0.39 is 17.0 Å². The van der Waals surface area contributed by atoms with E-state index in [1.54, 1.807) is 0 Å². The summed E-state index contributed by atoms with van der Waals surface area (Å²) in [6, 6.07) is 12.1. The number of amides is 2. The summed E-state index contributed by atoms with van der Waals surface area (Å²) in [7, 11) is 1.49. The molecule has 0 aliphatic carbocycles. The monoisotopic (exact) mass is 449 g/mol. The van der Waals surface area contributed by atoms with Gasteiger partial charge < -0.3 is 5.32 Å². The third-order valence-electron chi connectivity index (χ3n) is 4.77. The molecule has 0 unspecified atom stereocenters. The van der Waals surface area contributed by atoms with Gasteiger partial charge in [0.2, 0.25) is 11.8 Å². The van der Waals surface area contributed by atoms with E-state index in [9.17, 15) is 22.8 Å². The number of rotatable bonds is 5. The van der Waals surface area contributed by atoms with E-state index in [4.69, 9.17) is 0 Å². The number of thioether (sulfide) groups is 1. The van der Waals surface area contributed by atoms with Gasteiger partial charge in [0, 0.05) is 19.2 Å². The number of carbonyl (C=O) groups excluding carboxylic acids is 2. The highest BCUT2D eigenvalue weighted by Gasteiger charge is 2.37. The van der Waals surface area contributed by atoms with Crippen molar-refractivity contribution in [3.05, 3.63) is 59.7 Å². The Morgan fingerprint density at radius 2 is 1.87 bits per heavy atom. The molecule has 1 fully saturated rings. The van der Waals surface area contributed by atoms with Crippen LogP contribution in [-0.2, 0) is 15.8 Å². The molecule has 0 radical (unpaired) electrons. The van der Waals surface area contributed by atoms with Crippen LogP contribution in [-0.4, -0.2) is 34.2 Å². The molecule has 1 atom stereocenters. The lowest BCUT2D eigenvalue weighted by Crippen LogP contribution is -2.30. The standard InChI is InChI=1S/C22H22F3N3O2S/c1-13(2)14-7-9-16(10-8-14)26-19(29)12-18-20(30)28(3)21(31-18)27-17-6-4-5-15(11-17)22(23,24)25/h4-11,13,18H,12H2,1-3H3,(H,26,29)/t18-/m0/s1. The molecular weight excluding hydrogens is 427 g/mol. The summed E-state index contributed by atoms with van der Waals surface area (Å²) in [4.78, 5) is 30.4. The van der Waals surface area contributed by atoms with Crippen molar-refractivity contribution >= 4 is 40.1 Å². The molecule has 2 amide bonds. The molecule has 31 heavy (non-hydrogen) atoms. The molecule has 3 rings (SSSR count). The first kappa shape index (κ1) is 22.9. The SMILES string of the molecule is CC(C)c1ccc(NC(=O)C[C@@H]2SC(=Nc3cccc(C(F)(F)F)c3)N(C)C2=O)cc1. The van der Waals surface area contributed by atoms with Crippen LogP contribution < -0.4 is 5.32 Å². The third kappa shape index (κ3) is 5.66. The number of alkyl halides is 3. The molecule has 164 valence electrons. The van der Waals surface area contributed by atoms with Crippen molar-refractivity contribution < 1.29 is 22.8 Å². The number of hydrogen-bond acceptors (Lipinski definition) is 4. The van der Waals surface area contributed by atoms with Crippen LogP contribution in [0.3, 0.4) is 0 Å². The number of halogens is 3. The average molecular weight is 449 g/mol. The number of carbonyl (C=O) groups is 2. The normalized spacial score (nSPS) is 18.2. The Hall–Kier alpha value is -2.81. The molecular formula is C22H22F3N3O2S. The van der Waals surface area contributed by atoms with E-state index in [-0.39, 0.29) is 29.1 Å². The second-order valence-corrected chi connectivity index (χ2v) is 8.65. The maximum atomic E-state index is 12.9. The number of nitrogens with zero attached hydrogens (tertiary/aromatic N) is 2. The van der Waals surface area contributed by atoms with E-state index >= 15 is 0 Å². The number of hydrogen-bond donors (Lipinski definition) is 1. The van der Waals surface area contributed by atoms with Crippen molar-refractivity contribution in [2.75, 3.05) is 12.4 Å². The fourth-order valence-corrected chi connectivity index (χ4v) is 4.15. The minimum atomic E-state index is -4.48. The Morgan fingerprint density at radius 1 is 1.19 bits per heavy atom. The number of anilines is 1. The Bertz CT molecular complexity index is 1000. The van der Waals surface area contributed by atoms with Crippen molar-refractivity contribution in [1.82, 2.24) is 4.90 Å². The Balaban J connectivity index is 1.67. The van der Waals surface area contributed by atoms with Crippen LogP contribution in [0.4, 0.5) is 24.5 Å². The molecule has 1 aliphatic rings. The van der Waals surface area contributed by atoms with Crippen LogP contribution in [0, 0.1) is 0 Å². The van der Waals surface area contributed by atoms with Gasteiger partial charge >= 0.3 is 6.18 Å². The van der Waals surface area contributed by atoms with Gasteiger partial charge in [-0.1, -0.05) is 43.8 Å². The summed E-state index contributed by atoms with van der Waals surface area (Å²) in [5.74, 6) is -0.264. The van der Waals surface area contributed by atoms with Crippen molar-refractivity contribution in [2.24, 2.45) is 4.99 Å². The Labute approximate surface area is 182 Å². The van der Waals surface area contributed by atoms with Crippen molar-refractivity contribution in [3.63, 3.8) is 0 Å². The first-order valence-corrected chi connectivity index (χ1v) is 10.5. The number of nitrogens with one attached hydrogen (secondary N) is 1. The number of benzene rings is 2. The van der Waals surface area contributed by atoms with Gasteiger partial charge in [-0.25, -0.2) is 4.99 Å². The molecule has 0 aromatic heterocycles. The Kier molecular flexibility index (Phi) is 6.74. The second-order valence-electron chi connectivity index (χ2n) is 7.48. The minimum absolute atomic E-state index is 0.0681. The van der Waals surface area contributed by atoms with Crippen LogP contribution >= 0.6 is 11.8 Å². The van der Waals surface area contributed by atoms with E-state index in [0.717, 1.165) is 29.5 Å². The second kappa shape index (κ2) is 9.13. The molecule has 0 spiro atoms. The van der Waals surface area contributed by atoms with E-state index in [2.05, 4.69) is 24.2 Å². The zero-order valence-corrected chi connectivity index (χ0v) is 18.1. The van der Waals surface area contributed by atoms with Crippen LogP contribution in [0.1, 0.15) is 37.3 Å². The average Bonchev–Trinajstić information content (AvgIpc) is 2.95. The van der Waals surface area contributed by atoms with Gasteiger partial charge in [0.15, 0.2) is 5.17 Å². The maximum absolute atomic E-state index is 12.9. The minimum Gasteiger partial charge on any atom is -0.326 e. The Morgan fingerprint density at radius 3 is 2.48 bits per heavy atom. The lowest BCUT2D eigenvalue weighted by molar-refractivity contribution is -0.137. The third-order valence-corrected chi connectivity index (χ3v) is 6.00. The fraction of sp³-hybridized carbons (Fsp3) is 0.318. The summed E-state index contributed by atoms with van der Waals surface area (Å²) in [5.41, 5.74) is 1.06. The molecule has 5 nitrogen and oxygen atoms in total. The zero-order chi connectivity index (χ0) is 22.8. The summed E-state index contributed by atoms with van der Waals surface area (Å²) in [5, 5.41) is 2.33. The number of amidine groups is 1. The lowest BCUT2D eigenvalue weighted by atomic mass is 10.0. The first-order valence-electron chi connectivity index (χ1n) is 9.64. The summed E-state index contributed by atoms with van der Waals surface area (Å²) >= 11 is 1.06. The largest absolute Gasteiger partial charge is 0.416 e. The van der Waals surface area contributed by atoms with E-state index in [1.165, 1.54) is 24.1 Å². The van der Waals surface area contributed by atoms with E-state index in [1.807, 2.05) is 24.3 Å². The van der Waals surface area contributed by atoms with Gasteiger partial charge in [-0.2, -0.15) is 13.2 Å². The molecule has 1 heterocycles. The highest BCUT2D eigenvalue weighted by molar-refractivity contribution is 8.15. The molecule has 0 saturated carbocycles. The zero-order valence-electron chi connectivity index (χ0n) is 17.2. The summed E-state index contributed by atoms with van der Waals surface area (Å²) in [6.45, 7) is 4.15. The molecule has 1 N–H and O–H groups in total. The van der Waals surface area contributed by atoms with Gasteiger partial charge in [-0.3, -0.25) is 14.5 Å². The molecule has 1 saturated heterocycles. The first-order chi connectivity index (χ1) is 14.5. The van der Waals surface area contributed by atoms with Crippen LogP contribution in [0.5, 0.6) is 0 Å². The molecule has 2 aromatic rings. The quantitative estimate of drug-likeness (QED) is 0.663. The molecule has 0 bridgehead atoms. The van der Waals surface area contributed by atoms with Gasteiger partial charge in [0.25, 0.3) is 0 Å². The predicted octanol–water partition coefficient (Wildman–Crippen LogP) is 5.42. The lowest BCUT2D eigenvalue weighted by Gasteiger charge is -2.10. The van der Waals surface area contributed by atoms with Crippen LogP contribution in [0.15, 0.2) is 53.5 Å². The predicted molar refractivity (Wildman–Crippen MR) is 116 cm³/mol. The van der Waals surface area contributed by atoms with E-state index in [0.29, 0.717) is 11.6 Å². The molecule has 9 heteroatoms. The summed E-state index contributed by atoms with van der Waals surface area (Å²) in [6.07, 6.45) is -4.55. The fourth-order valence-electron chi connectivity index (χ4n) is 2.99.